The fourth-order valence-electron chi connectivity index (χ4n) is 4.84. The highest BCUT2D eigenvalue weighted by Crippen LogP contribution is 2.42. The Morgan fingerprint density at radius 3 is 2.31 bits per heavy atom. The van der Waals surface area contributed by atoms with Gasteiger partial charge in [0.25, 0.3) is 0 Å². The Bertz CT molecular complexity index is 570. The molecule has 0 saturated heterocycles. The Labute approximate surface area is 156 Å². The summed E-state index contributed by atoms with van der Waals surface area (Å²) in [4.78, 5) is 0. The molecule has 0 aromatic heterocycles. The number of benzene rings is 1. The molecule has 0 N–H and O–H groups in total. The predicted molar refractivity (Wildman–Crippen MR) is 103 cm³/mol. The van der Waals surface area contributed by atoms with Crippen molar-refractivity contribution in [1.82, 2.24) is 0 Å². The third kappa shape index (κ3) is 5.31. The minimum Gasteiger partial charge on any atom is -0.435 e. The maximum atomic E-state index is 12.2. The molecule has 0 radical (unpaired) electrons. The molecule has 3 rings (SSSR count). The highest BCUT2D eigenvalue weighted by Gasteiger charge is 2.28. The van der Waals surface area contributed by atoms with Crippen molar-refractivity contribution in [1.29, 1.82) is 0 Å². The van der Waals surface area contributed by atoms with Crippen LogP contribution in [-0.2, 0) is 0 Å². The molecule has 1 unspecified atom stereocenters. The number of ether oxygens (including phenoxy) is 1. The first-order valence-corrected chi connectivity index (χ1v) is 10.4. The lowest BCUT2D eigenvalue weighted by atomic mass is 9.70. The van der Waals surface area contributed by atoms with Crippen molar-refractivity contribution < 1.29 is 13.5 Å². The summed E-state index contributed by atoms with van der Waals surface area (Å²) in [7, 11) is 0. The van der Waals surface area contributed by atoms with Gasteiger partial charge in [-0.25, -0.2) is 0 Å². The van der Waals surface area contributed by atoms with Crippen LogP contribution < -0.4 is 4.74 Å². The van der Waals surface area contributed by atoms with Gasteiger partial charge in [0.05, 0.1) is 0 Å². The fourth-order valence-corrected chi connectivity index (χ4v) is 4.84. The molecular weight excluding hydrogens is 330 g/mol. The summed E-state index contributed by atoms with van der Waals surface area (Å²) in [5.74, 6) is 2.97. The van der Waals surface area contributed by atoms with Crippen LogP contribution in [0.1, 0.15) is 76.7 Å². The zero-order valence-corrected chi connectivity index (χ0v) is 15.9. The van der Waals surface area contributed by atoms with E-state index in [1.165, 1.54) is 63.4 Å². The maximum Gasteiger partial charge on any atom is 0.387 e. The Morgan fingerprint density at radius 2 is 1.73 bits per heavy atom. The van der Waals surface area contributed by atoms with Gasteiger partial charge in [0, 0.05) is 0 Å². The maximum absolute atomic E-state index is 12.2. The minimum atomic E-state index is -2.76. The first-order chi connectivity index (χ1) is 12.7. The monoisotopic (exact) mass is 362 g/mol. The molecule has 2 aliphatic rings. The highest BCUT2D eigenvalue weighted by molar-refractivity contribution is 5.66. The van der Waals surface area contributed by atoms with Crippen molar-refractivity contribution in [3.8, 4) is 5.75 Å². The summed E-state index contributed by atoms with van der Waals surface area (Å²) in [5, 5.41) is 0. The van der Waals surface area contributed by atoms with Crippen molar-refractivity contribution in [2.45, 2.75) is 77.7 Å². The average molecular weight is 363 g/mol. The Hall–Kier alpha value is -1.38. The van der Waals surface area contributed by atoms with Gasteiger partial charge in [-0.1, -0.05) is 57.2 Å². The van der Waals surface area contributed by atoms with Crippen LogP contribution in [0, 0.1) is 17.8 Å². The summed E-state index contributed by atoms with van der Waals surface area (Å²) in [5.41, 5.74) is 2.51. The van der Waals surface area contributed by atoms with Gasteiger partial charge < -0.3 is 4.74 Å². The molecule has 1 atom stereocenters. The second-order valence-corrected chi connectivity index (χ2v) is 8.09. The van der Waals surface area contributed by atoms with E-state index in [4.69, 9.17) is 0 Å². The summed E-state index contributed by atoms with van der Waals surface area (Å²) >= 11 is 0. The molecule has 3 heteroatoms. The standard InChI is InChI=1S/C23H32F2O/c1-2-3-4-17-5-7-18(8-6-17)19-9-11-20(12-10-19)21-13-15-22(16-14-21)26-23(24)25/h11,13-19,23H,2-10,12H2,1H3. The molecule has 144 valence electrons. The summed E-state index contributed by atoms with van der Waals surface area (Å²) in [6, 6.07) is 7.10. The number of allylic oxidation sites excluding steroid dienone is 2. The molecule has 0 bridgehead atoms. The van der Waals surface area contributed by atoms with Gasteiger partial charge in [0.2, 0.25) is 0 Å². The van der Waals surface area contributed by atoms with Gasteiger partial charge in [-0.2, -0.15) is 8.78 Å². The van der Waals surface area contributed by atoms with E-state index in [-0.39, 0.29) is 5.75 Å². The molecule has 0 amide bonds. The van der Waals surface area contributed by atoms with Crippen molar-refractivity contribution in [2.24, 2.45) is 17.8 Å². The lowest BCUT2D eigenvalue weighted by Gasteiger charge is -2.35. The van der Waals surface area contributed by atoms with E-state index in [2.05, 4.69) is 17.7 Å². The van der Waals surface area contributed by atoms with Crippen LogP contribution in [0.3, 0.4) is 0 Å². The molecule has 1 aromatic carbocycles. The lowest BCUT2D eigenvalue weighted by molar-refractivity contribution is -0.0498. The van der Waals surface area contributed by atoms with E-state index in [0.29, 0.717) is 0 Å². The van der Waals surface area contributed by atoms with Gasteiger partial charge in [0.1, 0.15) is 5.75 Å². The molecule has 0 aliphatic heterocycles. The van der Waals surface area contributed by atoms with E-state index in [0.717, 1.165) is 29.7 Å². The fraction of sp³-hybridized carbons (Fsp3) is 0.652. The van der Waals surface area contributed by atoms with Crippen molar-refractivity contribution in [3.63, 3.8) is 0 Å². The summed E-state index contributed by atoms with van der Waals surface area (Å²) in [6.45, 7) is -0.468. The second kappa shape index (κ2) is 9.53. The van der Waals surface area contributed by atoms with Crippen LogP contribution in [0.15, 0.2) is 30.3 Å². The number of unbranched alkanes of at least 4 members (excludes halogenated alkanes) is 1. The van der Waals surface area contributed by atoms with E-state index >= 15 is 0 Å². The van der Waals surface area contributed by atoms with Crippen LogP contribution in [0.2, 0.25) is 0 Å². The van der Waals surface area contributed by atoms with Crippen molar-refractivity contribution in [2.75, 3.05) is 0 Å². The lowest BCUT2D eigenvalue weighted by Crippen LogP contribution is -2.23. The van der Waals surface area contributed by atoms with E-state index in [1.807, 2.05) is 12.1 Å². The van der Waals surface area contributed by atoms with Gasteiger partial charge in [-0.3, -0.25) is 0 Å². The third-order valence-corrected chi connectivity index (χ3v) is 6.43. The highest BCUT2D eigenvalue weighted by atomic mass is 19.3. The topological polar surface area (TPSA) is 9.23 Å². The van der Waals surface area contributed by atoms with Crippen LogP contribution in [0.25, 0.3) is 5.57 Å². The SMILES string of the molecule is CCCCC1CCC(C2CC=C(c3ccc(OC(F)F)cc3)CC2)CC1. The van der Waals surface area contributed by atoms with Crippen molar-refractivity contribution >= 4 is 5.57 Å². The van der Waals surface area contributed by atoms with Crippen molar-refractivity contribution in [3.05, 3.63) is 35.9 Å². The first-order valence-electron chi connectivity index (χ1n) is 10.4. The van der Waals surface area contributed by atoms with Crippen LogP contribution in [0.4, 0.5) is 8.78 Å². The molecule has 1 fully saturated rings. The van der Waals surface area contributed by atoms with Gasteiger partial charge in [-0.15, -0.1) is 0 Å². The molecule has 0 spiro atoms. The molecule has 1 saturated carbocycles. The zero-order valence-electron chi connectivity index (χ0n) is 15.9. The summed E-state index contributed by atoms with van der Waals surface area (Å²) in [6.07, 6.45) is 15.8. The molecule has 2 aliphatic carbocycles. The molecule has 26 heavy (non-hydrogen) atoms. The van der Waals surface area contributed by atoms with E-state index in [1.54, 1.807) is 12.1 Å². The molecular formula is C23H32F2O. The number of rotatable bonds is 7. The van der Waals surface area contributed by atoms with Gasteiger partial charge in [-0.05, 0) is 73.1 Å². The number of halogens is 2. The molecule has 0 heterocycles. The second-order valence-electron chi connectivity index (χ2n) is 8.09. The average Bonchev–Trinajstić information content (AvgIpc) is 2.67. The zero-order chi connectivity index (χ0) is 18.4. The Morgan fingerprint density at radius 1 is 1.00 bits per heavy atom. The molecule has 1 aromatic rings. The number of alkyl halides is 2. The quantitative estimate of drug-likeness (QED) is 0.489. The predicted octanol–water partition coefficient (Wildman–Crippen LogP) is 7.47. The molecule has 1 nitrogen and oxygen atoms in total. The number of hydrogen-bond donors (Lipinski definition) is 0. The van der Waals surface area contributed by atoms with Crippen LogP contribution in [-0.4, -0.2) is 6.61 Å². The van der Waals surface area contributed by atoms with E-state index < -0.39 is 6.61 Å². The third-order valence-electron chi connectivity index (χ3n) is 6.43. The summed E-state index contributed by atoms with van der Waals surface area (Å²) < 4.78 is 28.9. The minimum absolute atomic E-state index is 0.234. The largest absolute Gasteiger partial charge is 0.435 e. The van der Waals surface area contributed by atoms with Gasteiger partial charge >= 0.3 is 6.61 Å². The Kier molecular flexibility index (Phi) is 7.10. The van der Waals surface area contributed by atoms with E-state index in [9.17, 15) is 8.78 Å². The normalized spacial score (nSPS) is 26.6. The smallest absolute Gasteiger partial charge is 0.387 e. The van der Waals surface area contributed by atoms with Crippen LogP contribution >= 0.6 is 0 Å². The van der Waals surface area contributed by atoms with Gasteiger partial charge in [0.15, 0.2) is 0 Å². The Balaban J connectivity index is 1.49. The van der Waals surface area contributed by atoms with Crippen LogP contribution in [0.5, 0.6) is 5.75 Å². The first kappa shape index (κ1) is 19.4. The number of hydrogen-bond acceptors (Lipinski definition) is 1.